The molecule has 2 amide bonds. The quantitative estimate of drug-likeness (QED) is 0.843. The molecule has 0 aromatic heterocycles. The minimum absolute atomic E-state index is 0.0980. The Hall–Kier alpha value is -2.76. The molecule has 0 N–H and O–H groups in total. The van der Waals surface area contributed by atoms with E-state index >= 15 is 0 Å². The first-order valence-corrected chi connectivity index (χ1v) is 8.40. The third-order valence-electron chi connectivity index (χ3n) is 4.71. The van der Waals surface area contributed by atoms with Crippen molar-refractivity contribution in [2.45, 2.75) is 25.9 Å². The number of amides is 2. The molecule has 1 fully saturated rings. The molecule has 4 nitrogen and oxygen atoms in total. The number of nitrogens with zero attached hydrogens (tertiary/aromatic N) is 2. The van der Waals surface area contributed by atoms with Crippen molar-refractivity contribution >= 4 is 11.8 Å². The van der Waals surface area contributed by atoms with E-state index in [1.165, 1.54) is 28.9 Å². The van der Waals surface area contributed by atoms with E-state index in [1.54, 1.807) is 7.05 Å². The standard InChI is InChI=1S/C20H20F2N2O2/c1-13-8-9-16(21)15(19(13)22)11-24-17(10-14-6-4-3-5-7-14)20(26)23(2)12-18(24)25/h3-9,17H,10-12H2,1-2H3/t17-/m0/s1. The normalized spacial score (nSPS) is 17.8. The van der Waals surface area contributed by atoms with Crippen LogP contribution in [-0.2, 0) is 22.6 Å². The van der Waals surface area contributed by atoms with Gasteiger partial charge in [0.25, 0.3) is 0 Å². The largest absolute Gasteiger partial charge is 0.335 e. The Labute approximate surface area is 151 Å². The highest BCUT2D eigenvalue weighted by molar-refractivity contribution is 5.94. The van der Waals surface area contributed by atoms with Crippen LogP contribution in [0, 0.1) is 18.6 Å². The lowest BCUT2D eigenvalue weighted by molar-refractivity contribution is -0.155. The molecule has 1 saturated heterocycles. The summed E-state index contributed by atoms with van der Waals surface area (Å²) in [6.45, 7) is 1.17. The smallest absolute Gasteiger partial charge is 0.245 e. The van der Waals surface area contributed by atoms with E-state index in [4.69, 9.17) is 0 Å². The third-order valence-corrected chi connectivity index (χ3v) is 4.71. The summed E-state index contributed by atoms with van der Waals surface area (Å²) in [7, 11) is 1.56. The van der Waals surface area contributed by atoms with Crippen molar-refractivity contribution in [3.05, 3.63) is 70.8 Å². The molecule has 0 saturated carbocycles. The van der Waals surface area contributed by atoms with E-state index in [0.717, 1.165) is 5.56 Å². The molecule has 1 atom stereocenters. The maximum Gasteiger partial charge on any atom is 0.245 e. The van der Waals surface area contributed by atoms with E-state index in [-0.39, 0.29) is 30.5 Å². The second-order valence-electron chi connectivity index (χ2n) is 6.58. The molecule has 1 aliphatic rings. The second-order valence-corrected chi connectivity index (χ2v) is 6.58. The van der Waals surface area contributed by atoms with Gasteiger partial charge < -0.3 is 9.80 Å². The summed E-state index contributed by atoms with van der Waals surface area (Å²) in [6, 6.07) is 11.0. The van der Waals surface area contributed by atoms with Crippen molar-refractivity contribution in [3.63, 3.8) is 0 Å². The zero-order valence-electron chi connectivity index (χ0n) is 14.7. The van der Waals surface area contributed by atoms with Crippen molar-refractivity contribution in [2.24, 2.45) is 0 Å². The van der Waals surface area contributed by atoms with Gasteiger partial charge in [-0.25, -0.2) is 8.78 Å². The van der Waals surface area contributed by atoms with E-state index in [0.29, 0.717) is 12.0 Å². The molecular formula is C20H20F2N2O2. The van der Waals surface area contributed by atoms with Crippen LogP contribution in [0.5, 0.6) is 0 Å². The number of carbonyl (C=O) groups is 2. The lowest BCUT2D eigenvalue weighted by Crippen LogP contribution is -2.59. The van der Waals surface area contributed by atoms with E-state index in [9.17, 15) is 18.4 Å². The number of likely N-dealkylation sites (N-methyl/N-ethyl adjacent to an activating group) is 1. The minimum Gasteiger partial charge on any atom is -0.335 e. The Morgan fingerprint density at radius 2 is 1.77 bits per heavy atom. The number of rotatable bonds is 4. The first kappa shape index (κ1) is 18.0. The lowest BCUT2D eigenvalue weighted by atomic mass is 9.99. The number of halogens is 2. The van der Waals surface area contributed by atoms with Gasteiger partial charge in [-0.05, 0) is 24.1 Å². The average Bonchev–Trinajstić information content (AvgIpc) is 2.62. The van der Waals surface area contributed by atoms with Crippen LogP contribution in [0.25, 0.3) is 0 Å². The lowest BCUT2D eigenvalue weighted by Gasteiger charge is -2.39. The molecule has 0 unspecified atom stereocenters. The van der Waals surface area contributed by atoms with E-state index in [2.05, 4.69) is 0 Å². The molecule has 3 rings (SSSR count). The van der Waals surface area contributed by atoms with Crippen LogP contribution in [0.3, 0.4) is 0 Å². The van der Waals surface area contributed by atoms with Gasteiger partial charge >= 0.3 is 0 Å². The average molecular weight is 358 g/mol. The Morgan fingerprint density at radius 3 is 2.46 bits per heavy atom. The number of aryl methyl sites for hydroxylation is 1. The molecule has 1 aliphatic heterocycles. The highest BCUT2D eigenvalue weighted by atomic mass is 19.1. The summed E-state index contributed by atoms with van der Waals surface area (Å²) < 4.78 is 28.6. The van der Waals surface area contributed by atoms with Gasteiger partial charge in [0.1, 0.15) is 17.7 Å². The fourth-order valence-electron chi connectivity index (χ4n) is 3.20. The van der Waals surface area contributed by atoms with Crippen LogP contribution in [0.2, 0.25) is 0 Å². The molecule has 0 bridgehead atoms. The molecule has 1 heterocycles. The van der Waals surface area contributed by atoms with Gasteiger partial charge in [-0.1, -0.05) is 36.4 Å². The summed E-state index contributed by atoms with van der Waals surface area (Å²) in [6.07, 6.45) is 0.296. The van der Waals surface area contributed by atoms with Gasteiger partial charge in [0, 0.05) is 19.0 Å². The molecule has 0 radical (unpaired) electrons. The summed E-state index contributed by atoms with van der Waals surface area (Å²) in [4.78, 5) is 27.9. The predicted octanol–water partition coefficient (Wildman–Crippen LogP) is 2.69. The molecule has 26 heavy (non-hydrogen) atoms. The zero-order valence-corrected chi connectivity index (χ0v) is 14.7. The Balaban J connectivity index is 1.95. The first-order chi connectivity index (χ1) is 12.4. The molecular weight excluding hydrogens is 338 g/mol. The molecule has 2 aromatic carbocycles. The van der Waals surface area contributed by atoms with Gasteiger partial charge in [-0.3, -0.25) is 9.59 Å². The fourth-order valence-corrected chi connectivity index (χ4v) is 3.20. The number of carbonyl (C=O) groups excluding carboxylic acids is 2. The summed E-state index contributed by atoms with van der Waals surface area (Å²) >= 11 is 0. The number of hydrogen-bond acceptors (Lipinski definition) is 2. The molecule has 0 spiro atoms. The van der Waals surface area contributed by atoms with Crippen molar-refractivity contribution in [2.75, 3.05) is 13.6 Å². The van der Waals surface area contributed by atoms with Crippen molar-refractivity contribution < 1.29 is 18.4 Å². The summed E-state index contributed by atoms with van der Waals surface area (Å²) in [5, 5.41) is 0. The Bertz CT molecular complexity index is 839. The number of hydrogen-bond donors (Lipinski definition) is 0. The SMILES string of the molecule is Cc1ccc(F)c(CN2C(=O)CN(C)C(=O)[C@@H]2Cc2ccccc2)c1F. The molecule has 2 aromatic rings. The summed E-state index contributed by atoms with van der Waals surface area (Å²) in [5.74, 6) is -1.95. The van der Waals surface area contributed by atoms with Gasteiger partial charge in [-0.15, -0.1) is 0 Å². The minimum atomic E-state index is -0.789. The van der Waals surface area contributed by atoms with Crippen LogP contribution in [0.4, 0.5) is 8.78 Å². The summed E-state index contributed by atoms with van der Waals surface area (Å²) in [5.41, 5.74) is 0.992. The van der Waals surface area contributed by atoms with E-state index in [1.807, 2.05) is 30.3 Å². The van der Waals surface area contributed by atoms with Crippen LogP contribution in [0.15, 0.2) is 42.5 Å². The number of piperazine rings is 1. The van der Waals surface area contributed by atoms with Gasteiger partial charge in [-0.2, -0.15) is 0 Å². The fraction of sp³-hybridized carbons (Fsp3) is 0.300. The first-order valence-electron chi connectivity index (χ1n) is 8.40. The van der Waals surface area contributed by atoms with Crippen LogP contribution in [0.1, 0.15) is 16.7 Å². The maximum absolute atomic E-state index is 14.4. The molecule has 6 heteroatoms. The van der Waals surface area contributed by atoms with Crippen molar-refractivity contribution in [3.8, 4) is 0 Å². The maximum atomic E-state index is 14.4. The number of benzene rings is 2. The van der Waals surface area contributed by atoms with E-state index < -0.39 is 17.7 Å². The van der Waals surface area contributed by atoms with Gasteiger partial charge in [0.2, 0.25) is 11.8 Å². The highest BCUT2D eigenvalue weighted by Crippen LogP contribution is 2.23. The van der Waals surface area contributed by atoms with Crippen LogP contribution in [-0.4, -0.2) is 41.2 Å². The van der Waals surface area contributed by atoms with Crippen molar-refractivity contribution in [1.82, 2.24) is 9.80 Å². The second kappa shape index (κ2) is 7.23. The zero-order chi connectivity index (χ0) is 18.8. The molecule has 136 valence electrons. The topological polar surface area (TPSA) is 40.6 Å². The highest BCUT2D eigenvalue weighted by Gasteiger charge is 2.38. The molecule has 0 aliphatic carbocycles. The Morgan fingerprint density at radius 1 is 1.08 bits per heavy atom. The Kier molecular flexibility index (Phi) is 5.02. The van der Waals surface area contributed by atoms with Gasteiger partial charge in [0.15, 0.2) is 0 Å². The van der Waals surface area contributed by atoms with Crippen LogP contribution < -0.4 is 0 Å². The third kappa shape index (κ3) is 3.45. The van der Waals surface area contributed by atoms with Crippen molar-refractivity contribution in [1.29, 1.82) is 0 Å². The van der Waals surface area contributed by atoms with Crippen LogP contribution >= 0.6 is 0 Å². The predicted molar refractivity (Wildman–Crippen MR) is 93.2 cm³/mol. The monoisotopic (exact) mass is 358 g/mol. The van der Waals surface area contributed by atoms with Gasteiger partial charge in [0.05, 0.1) is 13.1 Å².